The zero-order valence-corrected chi connectivity index (χ0v) is 13.0. The van der Waals surface area contributed by atoms with Crippen molar-refractivity contribution >= 4 is 11.8 Å². The fraction of sp³-hybridized carbons (Fsp3) is 0.176. The van der Waals surface area contributed by atoms with E-state index in [0.717, 1.165) is 17.5 Å². The topological polar surface area (TPSA) is 75.6 Å². The van der Waals surface area contributed by atoms with Crippen molar-refractivity contribution in [2.45, 2.75) is 13.0 Å². The number of anilines is 2. The molecule has 1 aromatic carbocycles. The molecule has 0 saturated heterocycles. The Labute approximate surface area is 139 Å². The van der Waals surface area contributed by atoms with Gasteiger partial charge in [-0.3, -0.25) is 4.98 Å². The highest BCUT2D eigenvalue weighted by molar-refractivity contribution is 5.37. The van der Waals surface area contributed by atoms with Gasteiger partial charge in [0.05, 0.1) is 6.20 Å². The molecule has 0 aliphatic carbocycles. The minimum atomic E-state index is -0.229. The summed E-state index contributed by atoms with van der Waals surface area (Å²) in [5.41, 5.74) is 2.15. The molecule has 0 saturated carbocycles. The Morgan fingerprint density at radius 2 is 1.71 bits per heavy atom. The fourth-order valence-electron chi connectivity index (χ4n) is 2.13. The SMILES string of the molecule is Fc1ccc(CCNc2nncc(NCc3ccncc3)n2)cc1. The summed E-state index contributed by atoms with van der Waals surface area (Å²) in [6.07, 6.45) is 5.82. The smallest absolute Gasteiger partial charge is 0.244 e. The van der Waals surface area contributed by atoms with Crippen molar-refractivity contribution in [1.29, 1.82) is 0 Å². The number of nitrogens with one attached hydrogen (secondary N) is 2. The van der Waals surface area contributed by atoms with E-state index in [1.54, 1.807) is 30.7 Å². The number of rotatable bonds is 7. The third-order valence-corrected chi connectivity index (χ3v) is 3.39. The predicted molar refractivity (Wildman–Crippen MR) is 90.0 cm³/mol. The minimum Gasteiger partial charge on any atom is -0.365 e. The highest BCUT2D eigenvalue weighted by Gasteiger charge is 2.01. The Hall–Kier alpha value is -3.09. The van der Waals surface area contributed by atoms with E-state index in [2.05, 4.69) is 30.8 Å². The van der Waals surface area contributed by atoms with Gasteiger partial charge in [0, 0.05) is 25.5 Å². The van der Waals surface area contributed by atoms with Gasteiger partial charge in [0.15, 0.2) is 5.82 Å². The van der Waals surface area contributed by atoms with E-state index < -0.39 is 0 Å². The predicted octanol–water partition coefficient (Wildman–Crippen LogP) is 2.67. The van der Waals surface area contributed by atoms with Crippen molar-refractivity contribution in [2.24, 2.45) is 0 Å². The molecule has 0 amide bonds. The van der Waals surface area contributed by atoms with Gasteiger partial charge in [-0.15, -0.1) is 5.10 Å². The normalized spacial score (nSPS) is 10.4. The zero-order valence-electron chi connectivity index (χ0n) is 13.0. The van der Waals surface area contributed by atoms with Gasteiger partial charge >= 0.3 is 0 Å². The number of halogens is 1. The molecule has 0 bridgehead atoms. The van der Waals surface area contributed by atoms with Gasteiger partial charge in [0.25, 0.3) is 0 Å². The van der Waals surface area contributed by atoms with Crippen LogP contribution in [-0.4, -0.2) is 26.7 Å². The second kappa shape index (κ2) is 7.96. The first-order chi connectivity index (χ1) is 11.8. The first-order valence-electron chi connectivity index (χ1n) is 7.60. The van der Waals surface area contributed by atoms with E-state index in [9.17, 15) is 4.39 Å². The van der Waals surface area contributed by atoms with Crippen molar-refractivity contribution < 1.29 is 4.39 Å². The Bertz CT molecular complexity index is 764. The lowest BCUT2D eigenvalue weighted by atomic mass is 10.1. The molecule has 122 valence electrons. The monoisotopic (exact) mass is 324 g/mol. The van der Waals surface area contributed by atoms with E-state index in [0.29, 0.717) is 24.9 Å². The highest BCUT2D eigenvalue weighted by atomic mass is 19.1. The lowest BCUT2D eigenvalue weighted by Crippen LogP contribution is -2.10. The Balaban J connectivity index is 1.50. The summed E-state index contributed by atoms with van der Waals surface area (Å²) in [4.78, 5) is 8.34. The van der Waals surface area contributed by atoms with Gasteiger partial charge in [-0.2, -0.15) is 10.1 Å². The van der Waals surface area contributed by atoms with Gasteiger partial charge in [0.1, 0.15) is 5.82 Å². The number of pyridine rings is 1. The first kappa shape index (κ1) is 15.8. The van der Waals surface area contributed by atoms with Crippen LogP contribution < -0.4 is 10.6 Å². The second-order valence-corrected chi connectivity index (χ2v) is 5.18. The molecule has 3 aromatic rings. The molecule has 2 heterocycles. The fourth-order valence-corrected chi connectivity index (χ4v) is 2.13. The molecule has 0 aliphatic rings. The Morgan fingerprint density at radius 1 is 0.917 bits per heavy atom. The first-order valence-corrected chi connectivity index (χ1v) is 7.60. The maximum atomic E-state index is 12.9. The average molecular weight is 324 g/mol. The zero-order chi connectivity index (χ0) is 16.6. The van der Waals surface area contributed by atoms with Crippen LogP contribution in [0.2, 0.25) is 0 Å². The van der Waals surface area contributed by atoms with Crippen LogP contribution in [0.4, 0.5) is 16.2 Å². The summed E-state index contributed by atoms with van der Waals surface area (Å²) in [5.74, 6) is 0.871. The summed E-state index contributed by atoms with van der Waals surface area (Å²) in [5, 5.41) is 14.2. The number of nitrogens with zero attached hydrogens (tertiary/aromatic N) is 4. The molecule has 0 fully saturated rings. The minimum absolute atomic E-state index is 0.229. The lowest BCUT2D eigenvalue weighted by molar-refractivity contribution is 0.627. The molecule has 2 N–H and O–H groups in total. The molecule has 0 aliphatic heterocycles. The van der Waals surface area contributed by atoms with Crippen LogP contribution >= 0.6 is 0 Å². The molecule has 3 rings (SSSR count). The van der Waals surface area contributed by atoms with Crippen molar-refractivity contribution in [3.05, 3.63) is 71.9 Å². The molecule has 0 radical (unpaired) electrons. The van der Waals surface area contributed by atoms with Crippen molar-refractivity contribution in [2.75, 3.05) is 17.2 Å². The molecule has 0 unspecified atom stereocenters. The van der Waals surface area contributed by atoms with Crippen molar-refractivity contribution in [3.8, 4) is 0 Å². The van der Waals surface area contributed by atoms with Crippen LogP contribution in [0.25, 0.3) is 0 Å². The van der Waals surface area contributed by atoms with Crippen LogP contribution in [0.1, 0.15) is 11.1 Å². The molecule has 7 heteroatoms. The van der Waals surface area contributed by atoms with E-state index in [-0.39, 0.29) is 5.82 Å². The second-order valence-electron chi connectivity index (χ2n) is 5.18. The quantitative estimate of drug-likeness (QED) is 0.696. The van der Waals surface area contributed by atoms with E-state index in [1.165, 1.54) is 12.1 Å². The summed E-state index contributed by atoms with van der Waals surface area (Å²) >= 11 is 0. The van der Waals surface area contributed by atoms with Crippen molar-refractivity contribution in [1.82, 2.24) is 20.2 Å². The summed E-state index contributed by atoms with van der Waals surface area (Å²) in [6.45, 7) is 1.28. The summed E-state index contributed by atoms with van der Waals surface area (Å²) in [7, 11) is 0. The van der Waals surface area contributed by atoms with Crippen molar-refractivity contribution in [3.63, 3.8) is 0 Å². The van der Waals surface area contributed by atoms with Gasteiger partial charge in [0.2, 0.25) is 5.95 Å². The Kier molecular flexibility index (Phi) is 5.24. The number of hydrogen-bond acceptors (Lipinski definition) is 6. The van der Waals surface area contributed by atoms with Crippen LogP contribution in [0.15, 0.2) is 55.0 Å². The molecule has 24 heavy (non-hydrogen) atoms. The van der Waals surface area contributed by atoms with Crippen LogP contribution in [-0.2, 0) is 13.0 Å². The number of aromatic nitrogens is 4. The third kappa shape index (κ3) is 4.70. The van der Waals surface area contributed by atoms with Crippen LogP contribution in [0.3, 0.4) is 0 Å². The largest absolute Gasteiger partial charge is 0.365 e. The lowest BCUT2D eigenvalue weighted by Gasteiger charge is -2.08. The van der Waals surface area contributed by atoms with Gasteiger partial charge in [-0.25, -0.2) is 4.39 Å². The summed E-state index contributed by atoms with van der Waals surface area (Å²) < 4.78 is 12.9. The molecular weight excluding hydrogens is 307 g/mol. The van der Waals surface area contributed by atoms with E-state index in [4.69, 9.17) is 0 Å². The molecule has 6 nitrogen and oxygen atoms in total. The number of benzene rings is 1. The average Bonchev–Trinajstić information content (AvgIpc) is 2.63. The highest BCUT2D eigenvalue weighted by Crippen LogP contribution is 2.07. The molecular formula is C17H17FN6. The summed E-state index contributed by atoms with van der Waals surface area (Å²) in [6, 6.07) is 10.3. The number of hydrogen-bond donors (Lipinski definition) is 2. The van der Waals surface area contributed by atoms with E-state index >= 15 is 0 Å². The van der Waals surface area contributed by atoms with Crippen LogP contribution in [0, 0.1) is 5.82 Å². The molecule has 2 aromatic heterocycles. The molecule has 0 atom stereocenters. The maximum absolute atomic E-state index is 12.9. The third-order valence-electron chi connectivity index (χ3n) is 3.39. The van der Waals surface area contributed by atoms with Gasteiger partial charge in [-0.1, -0.05) is 12.1 Å². The standard InChI is InChI=1S/C17H17FN6/c18-15-3-1-13(2-4-15)7-10-20-17-23-16(12-22-24-17)21-11-14-5-8-19-9-6-14/h1-6,8-9,12H,7,10-11H2,(H2,20,21,23,24). The Morgan fingerprint density at radius 3 is 2.50 bits per heavy atom. The van der Waals surface area contributed by atoms with Gasteiger partial charge in [-0.05, 0) is 41.8 Å². The van der Waals surface area contributed by atoms with Gasteiger partial charge < -0.3 is 10.6 Å². The molecule has 0 spiro atoms. The van der Waals surface area contributed by atoms with E-state index in [1.807, 2.05) is 12.1 Å². The maximum Gasteiger partial charge on any atom is 0.244 e. The van der Waals surface area contributed by atoms with Crippen LogP contribution in [0.5, 0.6) is 0 Å².